The van der Waals surface area contributed by atoms with Crippen LogP contribution in [-0.2, 0) is 4.79 Å². The minimum atomic E-state index is -0.0474. The van der Waals surface area contributed by atoms with Crippen molar-refractivity contribution in [1.29, 1.82) is 0 Å². The largest absolute Gasteiger partial charge is 0.334 e. The normalized spacial score (nSPS) is 18.3. The van der Waals surface area contributed by atoms with Crippen LogP contribution in [0, 0.1) is 0 Å². The SMILES string of the molecule is C[C@@H]([NH2+]C1CCCCCC1)C(=O)Nc1ccc(Cl)cc1. The van der Waals surface area contributed by atoms with Gasteiger partial charge < -0.3 is 10.6 Å². The van der Waals surface area contributed by atoms with E-state index in [2.05, 4.69) is 10.6 Å². The monoisotopic (exact) mass is 295 g/mol. The Bertz CT molecular complexity index is 425. The van der Waals surface area contributed by atoms with Gasteiger partial charge in [-0.3, -0.25) is 4.79 Å². The van der Waals surface area contributed by atoms with Crippen LogP contribution in [0.4, 0.5) is 5.69 Å². The first-order chi connectivity index (χ1) is 9.65. The molecule has 0 spiro atoms. The van der Waals surface area contributed by atoms with Crippen LogP contribution < -0.4 is 10.6 Å². The molecule has 0 saturated heterocycles. The highest BCUT2D eigenvalue weighted by Gasteiger charge is 2.22. The van der Waals surface area contributed by atoms with Crippen LogP contribution in [0.5, 0.6) is 0 Å². The van der Waals surface area contributed by atoms with Crippen molar-refractivity contribution in [2.45, 2.75) is 57.5 Å². The number of quaternary nitrogens is 1. The quantitative estimate of drug-likeness (QED) is 0.824. The van der Waals surface area contributed by atoms with Crippen LogP contribution in [0.25, 0.3) is 0 Å². The summed E-state index contributed by atoms with van der Waals surface area (Å²) in [6.07, 6.45) is 7.75. The fourth-order valence-corrected chi connectivity index (χ4v) is 2.91. The van der Waals surface area contributed by atoms with Crippen LogP contribution in [0.3, 0.4) is 0 Å². The molecule has 1 aliphatic rings. The maximum Gasteiger partial charge on any atom is 0.282 e. The van der Waals surface area contributed by atoms with Gasteiger partial charge >= 0.3 is 0 Å². The van der Waals surface area contributed by atoms with Gasteiger partial charge in [0.15, 0.2) is 6.04 Å². The maximum absolute atomic E-state index is 12.2. The molecule has 0 bridgehead atoms. The maximum atomic E-state index is 12.2. The lowest BCUT2D eigenvalue weighted by Gasteiger charge is -2.18. The molecule has 4 heteroatoms. The number of hydrogen-bond donors (Lipinski definition) is 2. The number of benzene rings is 1. The number of hydrogen-bond acceptors (Lipinski definition) is 1. The Morgan fingerprint density at radius 1 is 1.20 bits per heavy atom. The Morgan fingerprint density at radius 2 is 1.80 bits per heavy atom. The van der Waals surface area contributed by atoms with Crippen LogP contribution >= 0.6 is 11.6 Å². The molecule has 20 heavy (non-hydrogen) atoms. The summed E-state index contributed by atoms with van der Waals surface area (Å²) in [6.45, 7) is 1.98. The second-order valence-electron chi connectivity index (χ2n) is 5.73. The van der Waals surface area contributed by atoms with E-state index in [-0.39, 0.29) is 11.9 Å². The average molecular weight is 296 g/mol. The summed E-state index contributed by atoms with van der Waals surface area (Å²) in [4.78, 5) is 12.2. The molecule has 1 amide bonds. The zero-order chi connectivity index (χ0) is 14.4. The van der Waals surface area contributed by atoms with Crippen LogP contribution in [0.15, 0.2) is 24.3 Å². The van der Waals surface area contributed by atoms with Gasteiger partial charge in [0.25, 0.3) is 5.91 Å². The van der Waals surface area contributed by atoms with Gasteiger partial charge in [-0.2, -0.15) is 0 Å². The number of nitrogens with two attached hydrogens (primary N) is 1. The van der Waals surface area contributed by atoms with Crippen molar-refractivity contribution >= 4 is 23.2 Å². The Morgan fingerprint density at radius 3 is 2.40 bits per heavy atom. The van der Waals surface area contributed by atoms with E-state index in [4.69, 9.17) is 11.6 Å². The van der Waals surface area contributed by atoms with Gasteiger partial charge in [0.1, 0.15) is 0 Å². The second kappa shape index (κ2) is 7.65. The molecule has 0 heterocycles. The molecule has 1 aliphatic carbocycles. The van der Waals surface area contributed by atoms with Crippen LogP contribution in [-0.4, -0.2) is 18.0 Å². The molecule has 1 saturated carbocycles. The van der Waals surface area contributed by atoms with Gasteiger partial charge in [-0.15, -0.1) is 0 Å². The van der Waals surface area contributed by atoms with Gasteiger partial charge in [-0.25, -0.2) is 0 Å². The molecule has 1 atom stereocenters. The number of amides is 1. The number of nitrogens with one attached hydrogen (secondary N) is 1. The van der Waals surface area contributed by atoms with Crippen molar-refractivity contribution in [2.75, 3.05) is 5.32 Å². The molecule has 3 N–H and O–H groups in total. The van der Waals surface area contributed by atoms with Gasteiger partial charge in [0, 0.05) is 10.7 Å². The Hall–Kier alpha value is -1.06. The van der Waals surface area contributed by atoms with Gasteiger partial charge in [-0.1, -0.05) is 24.4 Å². The highest BCUT2D eigenvalue weighted by Crippen LogP contribution is 2.15. The third kappa shape index (κ3) is 4.80. The molecule has 0 radical (unpaired) electrons. The first kappa shape index (κ1) is 15.3. The zero-order valence-corrected chi connectivity index (χ0v) is 12.8. The molecule has 2 rings (SSSR count). The number of rotatable bonds is 4. The molecule has 0 unspecified atom stereocenters. The number of carbonyl (C=O) groups is 1. The van der Waals surface area contributed by atoms with E-state index >= 15 is 0 Å². The van der Waals surface area contributed by atoms with Crippen molar-refractivity contribution < 1.29 is 10.1 Å². The standard InChI is InChI=1S/C16H23ClN2O/c1-12(18-14-6-4-2-3-5-7-14)16(20)19-15-10-8-13(17)9-11-15/h8-12,14,18H,2-7H2,1H3,(H,19,20)/p+1/t12-/m1/s1. The Labute approximate surface area is 126 Å². The molecular formula is C16H24ClN2O+. The highest BCUT2D eigenvalue weighted by molar-refractivity contribution is 6.30. The summed E-state index contributed by atoms with van der Waals surface area (Å²) >= 11 is 5.84. The summed E-state index contributed by atoms with van der Waals surface area (Å²) in [6, 6.07) is 7.79. The number of anilines is 1. The lowest BCUT2D eigenvalue weighted by atomic mass is 10.1. The van der Waals surface area contributed by atoms with Gasteiger partial charge in [0.05, 0.1) is 6.04 Å². The van der Waals surface area contributed by atoms with Crippen molar-refractivity contribution in [3.8, 4) is 0 Å². The fourth-order valence-electron chi connectivity index (χ4n) is 2.79. The average Bonchev–Trinajstić information content (AvgIpc) is 2.70. The van der Waals surface area contributed by atoms with Crippen LogP contribution in [0.2, 0.25) is 5.02 Å². The van der Waals surface area contributed by atoms with Crippen LogP contribution in [0.1, 0.15) is 45.4 Å². The Balaban J connectivity index is 1.83. The molecule has 0 aromatic heterocycles. The van der Waals surface area contributed by atoms with Gasteiger partial charge in [-0.05, 0) is 56.9 Å². The smallest absolute Gasteiger partial charge is 0.282 e. The summed E-state index contributed by atoms with van der Waals surface area (Å²) in [5, 5.41) is 5.86. The van der Waals surface area contributed by atoms with E-state index in [1.807, 2.05) is 19.1 Å². The zero-order valence-electron chi connectivity index (χ0n) is 12.1. The third-order valence-corrected chi connectivity index (χ3v) is 4.24. The predicted molar refractivity (Wildman–Crippen MR) is 83.0 cm³/mol. The molecule has 3 nitrogen and oxygen atoms in total. The lowest BCUT2D eigenvalue weighted by Crippen LogP contribution is -2.96. The molecule has 0 aliphatic heterocycles. The Kier molecular flexibility index (Phi) is 5.86. The third-order valence-electron chi connectivity index (χ3n) is 3.99. The first-order valence-electron chi connectivity index (χ1n) is 7.56. The fraction of sp³-hybridized carbons (Fsp3) is 0.562. The molecule has 1 aromatic carbocycles. The molecule has 110 valence electrons. The predicted octanol–water partition coefficient (Wildman–Crippen LogP) is 2.95. The summed E-state index contributed by atoms with van der Waals surface area (Å²) in [5.41, 5.74) is 0.806. The van der Waals surface area contributed by atoms with Gasteiger partial charge in [0.2, 0.25) is 0 Å². The van der Waals surface area contributed by atoms with E-state index in [0.717, 1.165) is 5.69 Å². The lowest BCUT2D eigenvalue weighted by molar-refractivity contribution is -0.707. The van der Waals surface area contributed by atoms with Crippen molar-refractivity contribution in [3.05, 3.63) is 29.3 Å². The minimum absolute atomic E-state index is 0.0474. The number of carbonyl (C=O) groups excluding carboxylic acids is 1. The van der Waals surface area contributed by atoms with E-state index < -0.39 is 0 Å². The van der Waals surface area contributed by atoms with Crippen molar-refractivity contribution in [1.82, 2.24) is 0 Å². The molecule has 1 aromatic rings. The summed E-state index contributed by atoms with van der Waals surface area (Å²) in [7, 11) is 0. The summed E-state index contributed by atoms with van der Waals surface area (Å²) < 4.78 is 0. The molecular weight excluding hydrogens is 272 g/mol. The van der Waals surface area contributed by atoms with E-state index in [9.17, 15) is 4.79 Å². The minimum Gasteiger partial charge on any atom is -0.334 e. The second-order valence-corrected chi connectivity index (χ2v) is 6.17. The molecule has 1 fully saturated rings. The first-order valence-corrected chi connectivity index (χ1v) is 7.94. The van der Waals surface area contributed by atoms with Crippen molar-refractivity contribution in [2.24, 2.45) is 0 Å². The van der Waals surface area contributed by atoms with E-state index in [0.29, 0.717) is 11.1 Å². The summed E-state index contributed by atoms with van der Waals surface area (Å²) in [5.74, 6) is 0.0663. The van der Waals surface area contributed by atoms with Crippen molar-refractivity contribution in [3.63, 3.8) is 0 Å². The topological polar surface area (TPSA) is 45.7 Å². The van der Waals surface area contributed by atoms with E-state index in [1.165, 1.54) is 38.5 Å². The number of halogens is 1. The van der Waals surface area contributed by atoms with E-state index in [1.54, 1.807) is 12.1 Å². The highest BCUT2D eigenvalue weighted by atomic mass is 35.5.